The zero-order chi connectivity index (χ0) is 34.7. The molecule has 1 fully saturated rings. The molecular formula is C38H45N7O4. The third-order valence-electron chi connectivity index (χ3n) is 8.70. The summed E-state index contributed by atoms with van der Waals surface area (Å²) in [5.41, 5.74) is 6.57. The van der Waals surface area contributed by atoms with Crippen LogP contribution in [0.25, 0.3) is 44.8 Å². The largest absolute Gasteiger partial charge is 0.444 e. The van der Waals surface area contributed by atoms with E-state index in [-0.39, 0.29) is 18.2 Å². The number of benzene rings is 2. The monoisotopic (exact) mass is 663 g/mol. The molecule has 0 aliphatic carbocycles. The Morgan fingerprint density at radius 2 is 1.86 bits per heavy atom. The standard InChI is InChI=1S/C38H45N7O4/c1-7-40-36(46)34-32(25-14-10-9-11-15-25)41-35(42-34)33-28-20-26(17-18-30(28)45(43-33)31-16-12-13-19-48-31)29-22-39-21-27(24(29)3)23-44(8-2)37(47)49-38(4,5)6/h9-11,14-15,17-18,20-22,31H,7-8,12-13,16,19,23H2,1-6H3,(H,40,46)(H,41,42). The molecule has 2 N–H and O–H groups in total. The molecule has 3 aromatic heterocycles. The predicted octanol–water partition coefficient (Wildman–Crippen LogP) is 7.67. The first kappa shape index (κ1) is 33.9. The Morgan fingerprint density at radius 1 is 1.06 bits per heavy atom. The third-order valence-corrected chi connectivity index (χ3v) is 8.70. The molecule has 4 heterocycles. The van der Waals surface area contributed by atoms with Gasteiger partial charge in [-0.1, -0.05) is 36.4 Å². The minimum Gasteiger partial charge on any atom is -0.444 e. The molecule has 256 valence electrons. The number of fused-ring (bicyclic) bond motifs is 1. The van der Waals surface area contributed by atoms with Gasteiger partial charge in [0.1, 0.15) is 22.7 Å². The van der Waals surface area contributed by atoms with Crippen molar-refractivity contribution in [2.75, 3.05) is 19.7 Å². The molecular weight excluding hydrogens is 618 g/mol. The van der Waals surface area contributed by atoms with Gasteiger partial charge in [-0.2, -0.15) is 5.10 Å². The van der Waals surface area contributed by atoms with Crippen LogP contribution >= 0.6 is 0 Å². The van der Waals surface area contributed by atoms with Gasteiger partial charge in [0.25, 0.3) is 5.91 Å². The van der Waals surface area contributed by atoms with E-state index in [0.717, 1.165) is 58.0 Å². The molecule has 1 saturated heterocycles. The molecule has 1 atom stereocenters. The maximum absolute atomic E-state index is 13.2. The smallest absolute Gasteiger partial charge is 0.410 e. The molecule has 11 heteroatoms. The first-order chi connectivity index (χ1) is 23.6. The van der Waals surface area contributed by atoms with Crippen molar-refractivity contribution in [3.63, 3.8) is 0 Å². The summed E-state index contributed by atoms with van der Waals surface area (Å²) in [6, 6.07) is 15.9. The van der Waals surface area contributed by atoms with Gasteiger partial charge in [-0.3, -0.25) is 9.78 Å². The average molecular weight is 664 g/mol. The number of nitrogens with zero attached hydrogens (tertiary/aromatic N) is 5. The molecule has 5 aromatic rings. The highest BCUT2D eigenvalue weighted by atomic mass is 16.6. The Balaban J connectivity index is 1.46. The van der Waals surface area contributed by atoms with E-state index in [4.69, 9.17) is 19.6 Å². The highest BCUT2D eigenvalue weighted by Crippen LogP contribution is 2.37. The molecule has 2 aromatic carbocycles. The maximum Gasteiger partial charge on any atom is 0.410 e. The number of aromatic amines is 1. The normalized spacial score (nSPS) is 14.9. The molecule has 11 nitrogen and oxygen atoms in total. The second kappa shape index (κ2) is 14.2. The highest BCUT2D eigenvalue weighted by molar-refractivity contribution is 6.01. The fourth-order valence-electron chi connectivity index (χ4n) is 6.18. The molecule has 0 spiro atoms. The van der Waals surface area contributed by atoms with Crippen LogP contribution < -0.4 is 5.32 Å². The number of carbonyl (C=O) groups is 2. The van der Waals surface area contributed by atoms with Crippen molar-refractivity contribution in [2.45, 2.75) is 79.2 Å². The van der Waals surface area contributed by atoms with Gasteiger partial charge in [0.05, 0.1) is 12.1 Å². The molecule has 1 aliphatic rings. The van der Waals surface area contributed by atoms with Gasteiger partial charge in [0.15, 0.2) is 12.1 Å². The van der Waals surface area contributed by atoms with Gasteiger partial charge in [-0.25, -0.2) is 14.5 Å². The van der Waals surface area contributed by atoms with Crippen molar-refractivity contribution in [3.05, 3.63) is 77.7 Å². The second-order valence-corrected chi connectivity index (χ2v) is 13.3. The molecule has 0 bridgehead atoms. The maximum atomic E-state index is 13.2. The summed E-state index contributed by atoms with van der Waals surface area (Å²) in [5.74, 6) is 0.266. The first-order valence-corrected chi connectivity index (χ1v) is 17.1. The Labute approximate surface area is 287 Å². The van der Waals surface area contributed by atoms with Crippen LogP contribution in [0.2, 0.25) is 0 Å². The summed E-state index contributed by atoms with van der Waals surface area (Å²) in [7, 11) is 0. The summed E-state index contributed by atoms with van der Waals surface area (Å²) >= 11 is 0. The molecule has 49 heavy (non-hydrogen) atoms. The van der Waals surface area contributed by atoms with E-state index in [0.29, 0.717) is 49.1 Å². The van der Waals surface area contributed by atoms with Gasteiger partial charge in [0.2, 0.25) is 0 Å². The van der Waals surface area contributed by atoms with Gasteiger partial charge >= 0.3 is 6.09 Å². The van der Waals surface area contributed by atoms with Crippen LogP contribution in [0.5, 0.6) is 0 Å². The number of pyridine rings is 1. The Hall–Kier alpha value is -5.03. The summed E-state index contributed by atoms with van der Waals surface area (Å²) in [6.45, 7) is 13.5. The fourth-order valence-corrected chi connectivity index (χ4v) is 6.18. The van der Waals surface area contributed by atoms with Gasteiger partial charge in [-0.05, 0) is 89.6 Å². The van der Waals surface area contributed by atoms with Crippen molar-refractivity contribution in [1.29, 1.82) is 0 Å². The summed E-state index contributed by atoms with van der Waals surface area (Å²) in [4.78, 5) is 40.8. The van der Waals surface area contributed by atoms with Gasteiger partial charge < -0.3 is 24.7 Å². The van der Waals surface area contributed by atoms with Crippen LogP contribution in [-0.2, 0) is 16.0 Å². The Bertz CT molecular complexity index is 1950. The number of aromatic nitrogens is 5. The number of carbonyl (C=O) groups excluding carboxylic acids is 2. The van der Waals surface area contributed by atoms with E-state index in [1.807, 2.05) is 82.0 Å². The quantitative estimate of drug-likeness (QED) is 0.166. The number of ether oxygens (including phenoxy) is 2. The minimum atomic E-state index is -0.587. The van der Waals surface area contributed by atoms with Gasteiger partial charge in [0, 0.05) is 48.6 Å². The number of H-pyrrole nitrogens is 1. The number of imidazole rings is 1. The van der Waals surface area contributed by atoms with Crippen LogP contribution in [0, 0.1) is 6.92 Å². The van der Waals surface area contributed by atoms with Crippen LogP contribution in [0.15, 0.2) is 60.9 Å². The van der Waals surface area contributed by atoms with E-state index in [1.54, 1.807) is 4.90 Å². The molecule has 1 aliphatic heterocycles. The predicted molar refractivity (Wildman–Crippen MR) is 190 cm³/mol. The van der Waals surface area contributed by atoms with E-state index in [1.165, 1.54) is 0 Å². The van der Waals surface area contributed by atoms with Crippen molar-refractivity contribution < 1.29 is 19.1 Å². The third kappa shape index (κ3) is 7.22. The van der Waals surface area contributed by atoms with Gasteiger partial charge in [-0.15, -0.1) is 0 Å². The molecule has 0 saturated carbocycles. The molecule has 2 amide bonds. The van der Waals surface area contributed by atoms with E-state index >= 15 is 0 Å². The highest BCUT2D eigenvalue weighted by Gasteiger charge is 2.27. The van der Waals surface area contributed by atoms with Crippen LogP contribution in [-0.4, -0.2) is 66.9 Å². The first-order valence-electron chi connectivity index (χ1n) is 17.1. The molecule has 0 radical (unpaired) electrons. The number of rotatable bonds is 9. The van der Waals surface area contributed by atoms with Crippen molar-refractivity contribution in [1.82, 2.24) is 34.9 Å². The van der Waals surface area contributed by atoms with Crippen molar-refractivity contribution >= 4 is 22.9 Å². The Kier molecular flexibility index (Phi) is 9.82. The van der Waals surface area contributed by atoms with Crippen molar-refractivity contribution in [2.24, 2.45) is 0 Å². The van der Waals surface area contributed by atoms with Crippen LogP contribution in [0.4, 0.5) is 4.79 Å². The van der Waals surface area contributed by atoms with E-state index in [2.05, 4.69) is 40.4 Å². The zero-order valence-electron chi connectivity index (χ0n) is 29.2. The number of hydrogen-bond acceptors (Lipinski definition) is 7. The van der Waals surface area contributed by atoms with E-state index in [9.17, 15) is 9.59 Å². The zero-order valence-corrected chi connectivity index (χ0v) is 29.2. The summed E-state index contributed by atoms with van der Waals surface area (Å²) in [5, 5.41) is 8.89. The summed E-state index contributed by atoms with van der Waals surface area (Å²) in [6.07, 6.45) is 6.02. The summed E-state index contributed by atoms with van der Waals surface area (Å²) < 4.78 is 13.8. The Morgan fingerprint density at radius 3 is 2.55 bits per heavy atom. The van der Waals surface area contributed by atoms with Crippen molar-refractivity contribution in [3.8, 4) is 33.9 Å². The minimum absolute atomic E-state index is 0.207. The lowest BCUT2D eigenvalue weighted by atomic mass is 9.97. The number of nitrogens with one attached hydrogen (secondary N) is 2. The van der Waals surface area contributed by atoms with Crippen LogP contribution in [0.3, 0.4) is 0 Å². The lowest BCUT2D eigenvalue weighted by Crippen LogP contribution is -2.36. The topological polar surface area (TPSA) is 127 Å². The lowest BCUT2D eigenvalue weighted by molar-refractivity contribution is -0.0365. The number of amides is 2. The SMILES string of the molecule is CCNC(=O)c1[nH]c(-c2nn(C3CCCCO3)c3ccc(-c4cncc(CN(CC)C(=O)OC(C)(C)C)c4C)cc23)nc1-c1ccccc1. The fraction of sp³-hybridized carbons (Fsp3) is 0.395. The molecule has 1 unspecified atom stereocenters. The second-order valence-electron chi connectivity index (χ2n) is 13.3. The van der Waals surface area contributed by atoms with E-state index < -0.39 is 5.60 Å². The van der Waals surface area contributed by atoms with Crippen LogP contribution in [0.1, 0.15) is 81.7 Å². The lowest BCUT2D eigenvalue weighted by Gasteiger charge is -2.27. The molecule has 6 rings (SSSR count). The number of hydrogen-bond donors (Lipinski definition) is 2. The average Bonchev–Trinajstić information content (AvgIpc) is 3.70.